The maximum atomic E-state index is 12.5. The molecule has 0 aromatic heterocycles. The number of nitrogens with zero attached hydrogens (tertiary/aromatic N) is 1. The zero-order valence-corrected chi connectivity index (χ0v) is 16.2. The van der Waals surface area contributed by atoms with Gasteiger partial charge >= 0.3 is 0 Å². The molecule has 3 amide bonds. The molecule has 27 heavy (non-hydrogen) atoms. The lowest BCUT2D eigenvalue weighted by Crippen LogP contribution is -2.44. The largest absolute Gasteiger partial charge is 0.349 e. The predicted octanol–water partition coefficient (Wildman–Crippen LogP) is 3.79. The lowest BCUT2D eigenvalue weighted by molar-refractivity contribution is -0.129. The van der Waals surface area contributed by atoms with E-state index in [-0.39, 0.29) is 43.1 Å². The zero-order valence-electron chi connectivity index (χ0n) is 14.7. The number of carbonyl (C=O) groups is 3. The van der Waals surface area contributed by atoms with Gasteiger partial charge in [-0.1, -0.05) is 47.5 Å². The summed E-state index contributed by atoms with van der Waals surface area (Å²) in [6.45, 7) is 1.85. The molecule has 0 fully saturated rings. The molecule has 3 rings (SSSR count). The third-order valence-electron chi connectivity index (χ3n) is 4.50. The van der Waals surface area contributed by atoms with Gasteiger partial charge in [-0.3, -0.25) is 19.3 Å². The highest BCUT2D eigenvalue weighted by atomic mass is 35.5. The molecule has 0 bridgehead atoms. The first kappa shape index (κ1) is 19.4. The van der Waals surface area contributed by atoms with Crippen LogP contribution in [0.3, 0.4) is 0 Å². The highest BCUT2D eigenvalue weighted by molar-refractivity contribution is 6.35. The number of imide groups is 1. The van der Waals surface area contributed by atoms with Crippen molar-refractivity contribution in [1.82, 2.24) is 10.2 Å². The van der Waals surface area contributed by atoms with Crippen molar-refractivity contribution in [3.05, 3.63) is 69.2 Å². The van der Waals surface area contributed by atoms with Crippen molar-refractivity contribution in [2.24, 2.45) is 0 Å². The number of benzene rings is 2. The van der Waals surface area contributed by atoms with Crippen LogP contribution >= 0.6 is 23.2 Å². The molecule has 0 spiro atoms. The fraction of sp³-hybridized carbons (Fsp3) is 0.250. The Morgan fingerprint density at radius 2 is 1.93 bits per heavy atom. The second-order valence-corrected chi connectivity index (χ2v) is 7.23. The maximum Gasteiger partial charge on any atom is 0.260 e. The highest BCUT2D eigenvalue weighted by Gasteiger charge is 2.30. The number of halogens is 2. The molecule has 1 heterocycles. The molecule has 2 aromatic carbocycles. The van der Waals surface area contributed by atoms with E-state index in [0.717, 1.165) is 16.0 Å². The second kappa shape index (κ2) is 8.11. The monoisotopic (exact) mass is 404 g/mol. The van der Waals surface area contributed by atoms with Gasteiger partial charge in [0.15, 0.2) is 0 Å². The van der Waals surface area contributed by atoms with Gasteiger partial charge in [0.25, 0.3) is 5.91 Å². The number of amides is 3. The van der Waals surface area contributed by atoms with E-state index in [1.165, 1.54) is 0 Å². The van der Waals surface area contributed by atoms with Crippen molar-refractivity contribution in [2.75, 3.05) is 6.54 Å². The maximum absolute atomic E-state index is 12.5. The number of carbonyl (C=O) groups excluding carboxylic acids is 3. The molecule has 7 heteroatoms. The summed E-state index contributed by atoms with van der Waals surface area (Å²) >= 11 is 12.0. The van der Waals surface area contributed by atoms with Crippen molar-refractivity contribution in [3.63, 3.8) is 0 Å². The Balaban J connectivity index is 1.60. The zero-order chi connectivity index (χ0) is 19.6. The first-order valence-electron chi connectivity index (χ1n) is 8.53. The Bertz CT molecular complexity index is 914. The van der Waals surface area contributed by atoms with Crippen LogP contribution in [0.1, 0.15) is 40.9 Å². The summed E-state index contributed by atoms with van der Waals surface area (Å²) in [5, 5.41) is 3.81. The molecule has 2 aromatic rings. The SMILES string of the molecule is C[C@@H](NC(=O)CCN1C(=O)Cc2ccccc2C1=O)c1ccc(Cl)cc1Cl. The van der Waals surface area contributed by atoms with Crippen molar-refractivity contribution < 1.29 is 14.4 Å². The molecule has 1 N–H and O–H groups in total. The quantitative estimate of drug-likeness (QED) is 0.770. The van der Waals surface area contributed by atoms with E-state index >= 15 is 0 Å². The number of hydrogen-bond acceptors (Lipinski definition) is 3. The van der Waals surface area contributed by atoms with Crippen LogP contribution in [0.2, 0.25) is 10.0 Å². The summed E-state index contributed by atoms with van der Waals surface area (Å²) in [6, 6.07) is 11.8. The molecule has 1 atom stereocenters. The number of nitrogens with one attached hydrogen (secondary N) is 1. The predicted molar refractivity (Wildman–Crippen MR) is 104 cm³/mol. The van der Waals surface area contributed by atoms with E-state index in [1.54, 1.807) is 49.4 Å². The number of hydrogen-bond donors (Lipinski definition) is 1. The van der Waals surface area contributed by atoms with Crippen LogP contribution in [0.5, 0.6) is 0 Å². The fourth-order valence-corrected chi connectivity index (χ4v) is 3.66. The normalized spacial score (nSPS) is 14.7. The number of rotatable bonds is 5. The molecule has 0 radical (unpaired) electrons. The van der Waals surface area contributed by atoms with Gasteiger partial charge in [-0.25, -0.2) is 0 Å². The first-order valence-corrected chi connectivity index (χ1v) is 9.29. The third-order valence-corrected chi connectivity index (χ3v) is 5.07. The molecule has 0 saturated carbocycles. The van der Waals surface area contributed by atoms with Gasteiger partial charge in [0.05, 0.1) is 12.5 Å². The van der Waals surface area contributed by atoms with Crippen LogP contribution in [0.25, 0.3) is 0 Å². The molecule has 5 nitrogen and oxygen atoms in total. The van der Waals surface area contributed by atoms with Gasteiger partial charge in [0, 0.05) is 28.6 Å². The molecular formula is C20H18Cl2N2O3. The summed E-state index contributed by atoms with van der Waals surface area (Å²) < 4.78 is 0. The van der Waals surface area contributed by atoms with Crippen molar-refractivity contribution in [2.45, 2.75) is 25.8 Å². The Morgan fingerprint density at radius 3 is 2.67 bits per heavy atom. The highest BCUT2D eigenvalue weighted by Crippen LogP contribution is 2.26. The van der Waals surface area contributed by atoms with Crippen molar-refractivity contribution in [3.8, 4) is 0 Å². The van der Waals surface area contributed by atoms with Gasteiger partial charge in [0.1, 0.15) is 0 Å². The molecule has 1 aliphatic rings. The summed E-state index contributed by atoms with van der Waals surface area (Å²) in [6.07, 6.45) is 0.190. The van der Waals surface area contributed by atoms with E-state index in [1.807, 2.05) is 0 Å². The molecule has 0 unspecified atom stereocenters. The number of fused-ring (bicyclic) bond motifs is 1. The molecular weight excluding hydrogens is 387 g/mol. The van der Waals surface area contributed by atoms with Crippen molar-refractivity contribution in [1.29, 1.82) is 0 Å². The second-order valence-electron chi connectivity index (χ2n) is 6.39. The lowest BCUT2D eigenvalue weighted by Gasteiger charge is -2.26. The van der Waals surface area contributed by atoms with Gasteiger partial charge in [-0.05, 0) is 36.2 Å². The van der Waals surface area contributed by atoms with E-state index in [2.05, 4.69) is 5.32 Å². The minimum atomic E-state index is -0.358. The van der Waals surface area contributed by atoms with Gasteiger partial charge in [0.2, 0.25) is 11.8 Å². The van der Waals surface area contributed by atoms with E-state index in [0.29, 0.717) is 15.6 Å². The van der Waals surface area contributed by atoms with Crippen LogP contribution < -0.4 is 5.32 Å². The summed E-state index contributed by atoms with van der Waals surface area (Å²) in [5.74, 6) is -0.920. The van der Waals surface area contributed by atoms with Crippen LogP contribution in [0.4, 0.5) is 0 Å². The minimum absolute atomic E-state index is 0.0230. The smallest absolute Gasteiger partial charge is 0.260 e. The first-order chi connectivity index (χ1) is 12.9. The average Bonchev–Trinajstić information content (AvgIpc) is 2.61. The van der Waals surface area contributed by atoms with Crippen LogP contribution in [0, 0.1) is 0 Å². The van der Waals surface area contributed by atoms with E-state index in [4.69, 9.17) is 23.2 Å². The molecule has 1 aliphatic heterocycles. The topological polar surface area (TPSA) is 66.5 Å². The van der Waals surface area contributed by atoms with Crippen LogP contribution in [-0.4, -0.2) is 29.2 Å². The van der Waals surface area contributed by atoms with Gasteiger partial charge in [-0.2, -0.15) is 0 Å². The Morgan fingerprint density at radius 1 is 1.19 bits per heavy atom. The summed E-state index contributed by atoms with van der Waals surface area (Å²) in [4.78, 5) is 38.2. The van der Waals surface area contributed by atoms with Crippen LogP contribution in [0.15, 0.2) is 42.5 Å². The average molecular weight is 405 g/mol. The third kappa shape index (κ3) is 4.31. The van der Waals surface area contributed by atoms with Gasteiger partial charge < -0.3 is 5.32 Å². The standard InChI is InChI=1S/C20H18Cl2N2O3/c1-12(15-7-6-14(21)11-17(15)22)23-18(25)8-9-24-19(26)10-13-4-2-3-5-16(13)20(24)27/h2-7,11-12H,8-10H2,1H3,(H,23,25)/t12-/m1/s1. The molecule has 0 aliphatic carbocycles. The molecule has 140 valence electrons. The lowest BCUT2D eigenvalue weighted by atomic mass is 9.98. The Labute approximate surface area is 167 Å². The van der Waals surface area contributed by atoms with E-state index in [9.17, 15) is 14.4 Å². The van der Waals surface area contributed by atoms with E-state index < -0.39 is 0 Å². The minimum Gasteiger partial charge on any atom is -0.349 e. The molecule has 0 saturated heterocycles. The van der Waals surface area contributed by atoms with Crippen molar-refractivity contribution >= 4 is 40.9 Å². The Kier molecular flexibility index (Phi) is 5.82. The van der Waals surface area contributed by atoms with Gasteiger partial charge in [-0.15, -0.1) is 0 Å². The fourth-order valence-electron chi connectivity index (χ4n) is 3.08. The Hall–Kier alpha value is -2.37. The summed E-state index contributed by atoms with van der Waals surface area (Å²) in [5.41, 5.74) is 1.98. The summed E-state index contributed by atoms with van der Waals surface area (Å²) in [7, 11) is 0. The van der Waals surface area contributed by atoms with Crippen LogP contribution in [-0.2, 0) is 16.0 Å².